The summed E-state index contributed by atoms with van der Waals surface area (Å²) in [5, 5.41) is 17.0. The van der Waals surface area contributed by atoms with Crippen LogP contribution in [0.2, 0.25) is 0 Å². The first-order chi connectivity index (χ1) is 13.9. The Hall–Kier alpha value is -3.20. The smallest absolute Gasteiger partial charge is 0.323 e. The van der Waals surface area contributed by atoms with Crippen molar-refractivity contribution in [2.75, 3.05) is 44.4 Å². The fraction of sp³-hybridized carbons (Fsp3) is 0.350. The summed E-state index contributed by atoms with van der Waals surface area (Å²) in [6.45, 7) is 2.23. The highest BCUT2D eigenvalue weighted by molar-refractivity contribution is 5.99. The highest BCUT2D eigenvalue weighted by Gasteiger charge is 2.25. The summed E-state index contributed by atoms with van der Waals surface area (Å²) in [6, 6.07) is 7.50. The van der Waals surface area contributed by atoms with E-state index >= 15 is 0 Å². The van der Waals surface area contributed by atoms with Crippen LogP contribution in [-0.2, 0) is 6.42 Å². The highest BCUT2D eigenvalue weighted by atomic mass is 19.1. The van der Waals surface area contributed by atoms with Gasteiger partial charge in [-0.15, -0.1) is 0 Å². The number of piperazine rings is 1. The van der Waals surface area contributed by atoms with Gasteiger partial charge in [-0.3, -0.25) is 10.4 Å². The summed E-state index contributed by atoms with van der Waals surface area (Å²) >= 11 is 0. The molecule has 1 aromatic carbocycles. The Bertz CT molecular complexity index is 859. The number of pyridine rings is 1. The molecule has 0 spiro atoms. The molecule has 1 fully saturated rings. The first-order valence-corrected chi connectivity index (χ1v) is 9.43. The number of carbonyl (C=O) groups is 1. The van der Waals surface area contributed by atoms with Crippen molar-refractivity contribution in [2.45, 2.75) is 12.5 Å². The van der Waals surface area contributed by atoms with Crippen LogP contribution >= 0.6 is 0 Å². The van der Waals surface area contributed by atoms with E-state index in [4.69, 9.17) is 5.41 Å². The average molecular weight is 399 g/mol. The van der Waals surface area contributed by atoms with Gasteiger partial charge in [0.05, 0.1) is 11.9 Å². The van der Waals surface area contributed by atoms with Crippen molar-refractivity contribution in [2.24, 2.45) is 0 Å². The summed E-state index contributed by atoms with van der Waals surface area (Å²) in [7, 11) is 3.68. The lowest BCUT2D eigenvalue weighted by atomic mass is 10.0. The van der Waals surface area contributed by atoms with E-state index in [1.165, 1.54) is 18.3 Å². The molecule has 0 saturated carbocycles. The van der Waals surface area contributed by atoms with Crippen molar-refractivity contribution in [1.29, 1.82) is 5.41 Å². The molecule has 154 valence electrons. The summed E-state index contributed by atoms with van der Waals surface area (Å²) in [5.41, 5.74) is 1.68. The Kier molecular flexibility index (Phi) is 6.61. The topological polar surface area (TPSA) is 96.4 Å². The van der Waals surface area contributed by atoms with Crippen molar-refractivity contribution >= 4 is 23.4 Å². The minimum atomic E-state index is -0.468. The van der Waals surface area contributed by atoms with Crippen LogP contribution in [0.3, 0.4) is 0 Å². The van der Waals surface area contributed by atoms with Crippen LogP contribution < -0.4 is 16.0 Å². The minimum absolute atomic E-state index is 0.0255. The number of guanidine groups is 1. The maximum Gasteiger partial charge on any atom is 0.323 e. The van der Waals surface area contributed by atoms with Gasteiger partial charge in [-0.2, -0.15) is 0 Å². The molecule has 29 heavy (non-hydrogen) atoms. The first-order valence-electron chi connectivity index (χ1n) is 9.43. The Morgan fingerprint density at radius 3 is 2.86 bits per heavy atom. The second-order valence-corrected chi connectivity index (χ2v) is 7.14. The SMILES string of the molecule is CN(C)C(=N)N1CCNCC1Cc1cc(F)cc(NC(=O)Nc2cccnc2)c1. The number of rotatable bonds is 4. The van der Waals surface area contributed by atoms with E-state index in [-0.39, 0.29) is 6.04 Å². The van der Waals surface area contributed by atoms with E-state index in [2.05, 4.69) is 20.9 Å². The van der Waals surface area contributed by atoms with Gasteiger partial charge in [0.15, 0.2) is 5.96 Å². The number of carbonyl (C=O) groups excluding carboxylic acids is 1. The number of hydrogen-bond acceptors (Lipinski definition) is 4. The zero-order valence-electron chi connectivity index (χ0n) is 16.6. The van der Waals surface area contributed by atoms with Crippen LogP contribution in [0.1, 0.15) is 5.56 Å². The zero-order valence-corrected chi connectivity index (χ0v) is 16.6. The van der Waals surface area contributed by atoms with Gasteiger partial charge in [0, 0.05) is 51.7 Å². The predicted octanol–water partition coefficient (Wildman–Crippen LogP) is 2.18. The van der Waals surface area contributed by atoms with Gasteiger partial charge >= 0.3 is 6.03 Å². The molecule has 1 aliphatic heterocycles. The van der Waals surface area contributed by atoms with E-state index in [1.807, 2.05) is 19.0 Å². The van der Waals surface area contributed by atoms with Gasteiger partial charge in [0.1, 0.15) is 5.82 Å². The van der Waals surface area contributed by atoms with Gasteiger partial charge < -0.3 is 25.8 Å². The Morgan fingerprint density at radius 2 is 2.14 bits per heavy atom. The molecule has 1 unspecified atom stereocenters. The average Bonchev–Trinajstić information content (AvgIpc) is 2.68. The summed E-state index contributed by atoms with van der Waals surface area (Å²) in [4.78, 5) is 19.9. The van der Waals surface area contributed by atoms with Crippen molar-refractivity contribution in [1.82, 2.24) is 20.1 Å². The van der Waals surface area contributed by atoms with Crippen molar-refractivity contribution in [3.05, 3.63) is 54.1 Å². The molecule has 0 radical (unpaired) electrons. The molecule has 1 aliphatic rings. The molecule has 3 rings (SSSR count). The van der Waals surface area contributed by atoms with E-state index in [0.29, 0.717) is 30.3 Å². The normalized spacial score (nSPS) is 16.2. The lowest BCUT2D eigenvalue weighted by Crippen LogP contribution is -2.57. The lowest BCUT2D eigenvalue weighted by molar-refractivity contribution is 0.231. The van der Waals surface area contributed by atoms with E-state index in [0.717, 1.165) is 18.7 Å². The van der Waals surface area contributed by atoms with E-state index in [1.54, 1.807) is 29.3 Å². The third kappa shape index (κ3) is 5.64. The molecule has 1 aromatic heterocycles. The summed E-state index contributed by atoms with van der Waals surface area (Å²) in [6.07, 6.45) is 3.70. The fourth-order valence-electron chi connectivity index (χ4n) is 3.32. The number of nitrogens with zero attached hydrogens (tertiary/aromatic N) is 3. The minimum Gasteiger partial charge on any atom is -0.349 e. The Balaban J connectivity index is 1.69. The Labute approximate surface area is 169 Å². The van der Waals surface area contributed by atoms with Crippen LogP contribution in [0.5, 0.6) is 0 Å². The predicted molar refractivity (Wildman–Crippen MR) is 112 cm³/mol. The molecular formula is C20H26FN7O. The number of amides is 2. The standard InChI is InChI=1S/C20H26FN7O/c1-27(2)19(22)28-7-6-24-13-18(28)10-14-8-15(21)11-17(9-14)26-20(29)25-16-4-3-5-23-12-16/h3-5,8-9,11-12,18,22,24H,6-7,10,13H2,1-2H3,(H2,25,26,29). The molecule has 0 bridgehead atoms. The largest absolute Gasteiger partial charge is 0.349 e. The van der Waals surface area contributed by atoms with Gasteiger partial charge in [0.25, 0.3) is 0 Å². The first kappa shape index (κ1) is 20.5. The molecule has 0 aliphatic carbocycles. The third-order valence-corrected chi connectivity index (χ3v) is 4.65. The van der Waals surface area contributed by atoms with E-state index in [9.17, 15) is 9.18 Å². The molecular weight excluding hydrogens is 373 g/mol. The van der Waals surface area contributed by atoms with Gasteiger partial charge in [-0.1, -0.05) is 0 Å². The van der Waals surface area contributed by atoms with Gasteiger partial charge in [-0.25, -0.2) is 9.18 Å². The number of aromatic nitrogens is 1. The number of hydrogen-bond donors (Lipinski definition) is 4. The van der Waals surface area contributed by atoms with Crippen molar-refractivity contribution in [3.63, 3.8) is 0 Å². The quantitative estimate of drug-likeness (QED) is 0.467. The number of halogens is 1. The van der Waals surface area contributed by atoms with Gasteiger partial charge in [-0.05, 0) is 42.3 Å². The molecule has 2 amide bonds. The number of nitrogens with one attached hydrogen (secondary N) is 4. The third-order valence-electron chi connectivity index (χ3n) is 4.65. The number of benzene rings is 1. The van der Waals surface area contributed by atoms with Crippen LogP contribution in [0.4, 0.5) is 20.6 Å². The highest BCUT2D eigenvalue weighted by Crippen LogP contribution is 2.19. The number of anilines is 2. The van der Waals surface area contributed by atoms with Gasteiger partial charge in [0.2, 0.25) is 0 Å². The zero-order chi connectivity index (χ0) is 20.8. The maximum atomic E-state index is 14.2. The van der Waals surface area contributed by atoms with Crippen LogP contribution in [0, 0.1) is 11.2 Å². The molecule has 2 aromatic rings. The summed E-state index contributed by atoms with van der Waals surface area (Å²) in [5.74, 6) is 0.0132. The summed E-state index contributed by atoms with van der Waals surface area (Å²) < 4.78 is 14.2. The van der Waals surface area contributed by atoms with Crippen LogP contribution in [0.15, 0.2) is 42.7 Å². The van der Waals surface area contributed by atoms with Crippen LogP contribution in [-0.4, -0.2) is 66.5 Å². The van der Waals surface area contributed by atoms with E-state index < -0.39 is 11.8 Å². The second-order valence-electron chi connectivity index (χ2n) is 7.14. The molecule has 2 heterocycles. The van der Waals surface area contributed by atoms with Crippen LogP contribution in [0.25, 0.3) is 0 Å². The lowest BCUT2D eigenvalue weighted by Gasteiger charge is -2.39. The maximum absolute atomic E-state index is 14.2. The molecule has 1 saturated heterocycles. The molecule has 4 N–H and O–H groups in total. The molecule has 8 nitrogen and oxygen atoms in total. The monoisotopic (exact) mass is 399 g/mol. The fourth-order valence-corrected chi connectivity index (χ4v) is 3.32. The second kappa shape index (κ2) is 9.33. The number of urea groups is 1. The molecule has 9 heteroatoms. The van der Waals surface area contributed by atoms with Crippen molar-refractivity contribution < 1.29 is 9.18 Å². The van der Waals surface area contributed by atoms with Crippen molar-refractivity contribution in [3.8, 4) is 0 Å². The molecule has 1 atom stereocenters. The Morgan fingerprint density at radius 1 is 1.34 bits per heavy atom.